The highest BCUT2D eigenvalue weighted by Gasteiger charge is 2.25. The molecule has 0 amide bonds. The van der Waals surface area contributed by atoms with Gasteiger partial charge in [-0.05, 0) is 63.4 Å². The van der Waals surface area contributed by atoms with Crippen molar-refractivity contribution in [3.63, 3.8) is 0 Å². The summed E-state index contributed by atoms with van der Waals surface area (Å²) in [5.41, 5.74) is 3.43. The molecular weight excluding hydrogens is 372 g/mol. The van der Waals surface area contributed by atoms with Gasteiger partial charge in [0.15, 0.2) is 0 Å². The fourth-order valence-electron chi connectivity index (χ4n) is 3.42. The third-order valence-corrected chi connectivity index (χ3v) is 4.74. The lowest BCUT2D eigenvalue weighted by Gasteiger charge is -2.19. The average Bonchev–Trinajstić information content (AvgIpc) is 3.17. The predicted molar refractivity (Wildman–Crippen MR) is 110 cm³/mol. The van der Waals surface area contributed by atoms with E-state index in [0.29, 0.717) is 31.3 Å². The minimum atomic E-state index is -0.504. The Kier molecular flexibility index (Phi) is 6.59. The van der Waals surface area contributed by atoms with Gasteiger partial charge >= 0.3 is 5.97 Å². The summed E-state index contributed by atoms with van der Waals surface area (Å²) in [6.07, 6.45) is 0.870. The minimum Gasteiger partial charge on any atom is -0.494 e. The molecule has 29 heavy (non-hydrogen) atoms. The Morgan fingerprint density at radius 1 is 1.24 bits per heavy atom. The lowest BCUT2D eigenvalue weighted by atomic mass is 10.1. The molecular formula is C22H28N2O5. The fraction of sp³-hybridized carbons (Fsp3) is 0.455. The molecule has 0 saturated carbocycles. The van der Waals surface area contributed by atoms with E-state index in [0.717, 1.165) is 29.0 Å². The Labute approximate surface area is 171 Å². The Morgan fingerprint density at radius 3 is 2.55 bits per heavy atom. The first kappa shape index (κ1) is 20.9. The van der Waals surface area contributed by atoms with Crippen LogP contribution in [0.4, 0.5) is 5.69 Å². The highest BCUT2D eigenvalue weighted by Crippen LogP contribution is 2.36. The number of carbonyl (C=O) groups excluding carboxylic acids is 1. The minimum absolute atomic E-state index is 0.127. The van der Waals surface area contributed by atoms with E-state index in [9.17, 15) is 4.79 Å². The van der Waals surface area contributed by atoms with Gasteiger partial charge in [-0.3, -0.25) is 0 Å². The number of anilines is 1. The molecule has 2 heterocycles. The molecule has 1 aliphatic heterocycles. The normalized spacial score (nSPS) is 15.8. The van der Waals surface area contributed by atoms with Crippen LogP contribution in [-0.4, -0.2) is 43.9 Å². The van der Waals surface area contributed by atoms with E-state index in [4.69, 9.17) is 18.9 Å². The van der Waals surface area contributed by atoms with Gasteiger partial charge in [0, 0.05) is 12.3 Å². The van der Waals surface area contributed by atoms with Gasteiger partial charge in [0.25, 0.3) is 0 Å². The Bertz CT molecular complexity index is 868. The van der Waals surface area contributed by atoms with Crippen molar-refractivity contribution in [2.75, 3.05) is 32.2 Å². The van der Waals surface area contributed by atoms with Gasteiger partial charge in [0.2, 0.25) is 5.88 Å². The molecule has 1 aliphatic rings. The molecule has 1 N–H and O–H groups in total. The quantitative estimate of drug-likeness (QED) is 0.698. The van der Waals surface area contributed by atoms with E-state index in [1.54, 1.807) is 0 Å². The van der Waals surface area contributed by atoms with E-state index in [2.05, 4.69) is 10.3 Å². The lowest BCUT2D eigenvalue weighted by molar-refractivity contribution is 0.0598. The van der Waals surface area contributed by atoms with E-state index in [1.165, 1.54) is 7.11 Å². The van der Waals surface area contributed by atoms with Crippen LogP contribution in [-0.2, 0) is 9.47 Å². The number of pyridine rings is 1. The number of nitrogens with zero attached hydrogens (tertiary/aromatic N) is 1. The van der Waals surface area contributed by atoms with Crippen molar-refractivity contribution in [1.82, 2.24) is 4.98 Å². The molecule has 0 radical (unpaired) electrons. The number of methoxy groups -OCH3 is 1. The molecule has 1 saturated heterocycles. The second-order valence-corrected chi connectivity index (χ2v) is 7.11. The number of benzene rings is 1. The summed E-state index contributed by atoms with van der Waals surface area (Å²) in [5.74, 6) is 1.14. The number of esters is 1. The standard InChI is InChI=1S/C22H28N2O5/c1-6-28-17-9-13(2)20(14(3)10-17)29-21-19(22(25)26-5)18(11-15(4)23-21)24-16-7-8-27-12-16/h9-11,16H,6-8,12H2,1-5H3,(H,23,24). The number of carbonyl (C=O) groups is 1. The molecule has 7 heteroatoms. The van der Waals surface area contributed by atoms with E-state index < -0.39 is 5.97 Å². The van der Waals surface area contributed by atoms with Crippen LogP contribution in [0, 0.1) is 20.8 Å². The molecule has 1 atom stereocenters. The van der Waals surface area contributed by atoms with Gasteiger partial charge in [-0.15, -0.1) is 0 Å². The number of aryl methyl sites for hydroxylation is 3. The first-order chi connectivity index (χ1) is 13.9. The van der Waals surface area contributed by atoms with Gasteiger partial charge in [-0.2, -0.15) is 0 Å². The van der Waals surface area contributed by atoms with Crippen LogP contribution in [0.15, 0.2) is 18.2 Å². The van der Waals surface area contributed by atoms with Crippen molar-refractivity contribution in [3.8, 4) is 17.4 Å². The van der Waals surface area contributed by atoms with E-state index in [1.807, 2.05) is 45.9 Å². The van der Waals surface area contributed by atoms with Crippen LogP contribution < -0.4 is 14.8 Å². The van der Waals surface area contributed by atoms with Crippen LogP contribution in [0.2, 0.25) is 0 Å². The molecule has 7 nitrogen and oxygen atoms in total. The number of rotatable bonds is 7. The lowest BCUT2D eigenvalue weighted by Crippen LogP contribution is -2.22. The molecule has 1 unspecified atom stereocenters. The highest BCUT2D eigenvalue weighted by atomic mass is 16.5. The maximum atomic E-state index is 12.6. The predicted octanol–water partition coefficient (Wildman–Crippen LogP) is 4.19. The molecule has 0 spiro atoms. The van der Waals surface area contributed by atoms with Crippen LogP contribution >= 0.6 is 0 Å². The third-order valence-electron chi connectivity index (χ3n) is 4.74. The zero-order valence-electron chi connectivity index (χ0n) is 17.6. The number of nitrogens with one attached hydrogen (secondary N) is 1. The summed E-state index contributed by atoms with van der Waals surface area (Å²) in [6, 6.07) is 5.78. The summed E-state index contributed by atoms with van der Waals surface area (Å²) in [7, 11) is 1.35. The Hall–Kier alpha value is -2.80. The molecule has 1 aromatic carbocycles. The first-order valence-electron chi connectivity index (χ1n) is 9.79. The smallest absolute Gasteiger partial charge is 0.345 e. The van der Waals surface area contributed by atoms with Gasteiger partial charge in [-0.25, -0.2) is 9.78 Å². The van der Waals surface area contributed by atoms with Crippen LogP contribution in [0.5, 0.6) is 17.4 Å². The maximum Gasteiger partial charge on any atom is 0.345 e. The van der Waals surface area contributed by atoms with Crippen LogP contribution in [0.25, 0.3) is 0 Å². The number of ether oxygens (including phenoxy) is 4. The summed E-state index contributed by atoms with van der Waals surface area (Å²) in [6.45, 7) is 9.56. The van der Waals surface area contributed by atoms with Crippen molar-refractivity contribution in [2.45, 2.75) is 40.2 Å². The van der Waals surface area contributed by atoms with Crippen LogP contribution in [0.1, 0.15) is 40.5 Å². The topological polar surface area (TPSA) is 78.9 Å². The largest absolute Gasteiger partial charge is 0.494 e. The summed E-state index contributed by atoms with van der Waals surface area (Å²) >= 11 is 0. The third kappa shape index (κ3) is 4.79. The first-order valence-corrected chi connectivity index (χ1v) is 9.79. The van der Waals surface area contributed by atoms with Crippen molar-refractivity contribution in [1.29, 1.82) is 0 Å². The van der Waals surface area contributed by atoms with Crippen molar-refractivity contribution in [3.05, 3.63) is 40.6 Å². The zero-order chi connectivity index (χ0) is 21.0. The summed E-state index contributed by atoms with van der Waals surface area (Å²) < 4.78 is 22.2. The Morgan fingerprint density at radius 2 is 1.97 bits per heavy atom. The fourth-order valence-corrected chi connectivity index (χ4v) is 3.42. The number of hydrogen-bond donors (Lipinski definition) is 1. The monoisotopic (exact) mass is 400 g/mol. The second kappa shape index (κ2) is 9.13. The van der Waals surface area contributed by atoms with Gasteiger partial charge in [0.05, 0.1) is 32.1 Å². The van der Waals surface area contributed by atoms with E-state index in [-0.39, 0.29) is 17.5 Å². The molecule has 3 rings (SSSR count). The Balaban J connectivity index is 2.02. The molecule has 0 bridgehead atoms. The van der Waals surface area contributed by atoms with Gasteiger partial charge in [0.1, 0.15) is 17.1 Å². The van der Waals surface area contributed by atoms with Crippen molar-refractivity contribution >= 4 is 11.7 Å². The molecule has 1 fully saturated rings. The average molecular weight is 400 g/mol. The van der Waals surface area contributed by atoms with Crippen LogP contribution in [0.3, 0.4) is 0 Å². The molecule has 156 valence electrons. The molecule has 0 aliphatic carbocycles. The van der Waals surface area contributed by atoms with Gasteiger partial charge in [-0.1, -0.05) is 0 Å². The summed E-state index contributed by atoms with van der Waals surface area (Å²) in [4.78, 5) is 17.1. The summed E-state index contributed by atoms with van der Waals surface area (Å²) in [5, 5.41) is 3.38. The SMILES string of the molecule is CCOc1cc(C)c(Oc2nc(C)cc(NC3CCOC3)c2C(=O)OC)c(C)c1. The molecule has 1 aromatic heterocycles. The highest BCUT2D eigenvalue weighted by molar-refractivity contribution is 5.98. The number of aromatic nitrogens is 1. The van der Waals surface area contributed by atoms with Crippen molar-refractivity contribution in [2.24, 2.45) is 0 Å². The zero-order valence-corrected chi connectivity index (χ0v) is 17.6. The van der Waals surface area contributed by atoms with Crippen molar-refractivity contribution < 1.29 is 23.7 Å². The van der Waals surface area contributed by atoms with E-state index >= 15 is 0 Å². The molecule has 2 aromatic rings. The number of hydrogen-bond acceptors (Lipinski definition) is 7. The maximum absolute atomic E-state index is 12.6. The van der Waals surface area contributed by atoms with Gasteiger partial charge < -0.3 is 24.3 Å². The second-order valence-electron chi connectivity index (χ2n) is 7.11.